The third-order valence-electron chi connectivity index (χ3n) is 3.56. The summed E-state index contributed by atoms with van der Waals surface area (Å²) in [6, 6.07) is 7.40. The summed E-state index contributed by atoms with van der Waals surface area (Å²) >= 11 is 6.27. The minimum atomic E-state index is -0.901. The van der Waals surface area contributed by atoms with Crippen LogP contribution in [0.2, 0.25) is 5.02 Å². The van der Waals surface area contributed by atoms with Gasteiger partial charge in [-0.3, -0.25) is 4.79 Å². The van der Waals surface area contributed by atoms with Crippen molar-refractivity contribution in [3.8, 4) is 0 Å². The molecule has 1 aliphatic rings. The van der Waals surface area contributed by atoms with Gasteiger partial charge in [-0.2, -0.15) is 0 Å². The molecule has 1 aromatic carbocycles. The van der Waals surface area contributed by atoms with E-state index in [0.29, 0.717) is 23.8 Å². The molecule has 2 unspecified atom stereocenters. The van der Waals surface area contributed by atoms with Crippen LogP contribution in [0.4, 0.5) is 0 Å². The molecule has 0 bridgehead atoms. The fraction of sp³-hybridized carbons (Fsp3) is 0.467. The fourth-order valence-electron chi connectivity index (χ4n) is 2.58. The summed E-state index contributed by atoms with van der Waals surface area (Å²) < 4.78 is 5.52. The van der Waals surface area contributed by atoms with Crippen molar-refractivity contribution in [3.05, 3.63) is 34.9 Å². The molecule has 1 heterocycles. The Kier molecular flexibility index (Phi) is 3.95. The predicted molar refractivity (Wildman–Crippen MR) is 76.7 cm³/mol. The first-order valence-electron chi connectivity index (χ1n) is 6.57. The summed E-state index contributed by atoms with van der Waals surface area (Å²) in [5, 5.41) is 0.575. The van der Waals surface area contributed by atoms with Crippen LogP contribution >= 0.6 is 11.6 Å². The van der Waals surface area contributed by atoms with E-state index in [-0.39, 0.29) is 5.78 Å². The number of benzene rings is 1. The van der Waals surface area contributed by atoms with Crippen molar-refractivity contribution in [2.45, 2.75) is 45.3 Å². The summed E-state index contributed by atoms with van der Waals surface area (Å²) in [7, 11) is 0. The number of carbonyl (C=O) groups is 1. The number of hydrogen-bond donors (Lipinski definition) is 0. The first-order valence-corrected chi connectivity index (χ1v) is 6.95. The summed E-state index contributed by atoms with van der Waals surface area (Å²) in [5.41, 5.74) is -0.133. The van der Waals surface area contributed by atoms with Crippen molar-refractivity contribution in [1.82, 2.24) is 0 Å². The number of ketones is 1. The normalized spacial score (nSPS) is 26.8. The Morgan fingerprint density at radius 2 is 2.05 bits per heavy atom. The maximum Gasteiger partial charge on any atom is 0.205 e. The molecule has 0 fully saturated rings. The van der Waals surface area contributed by atoms with Crippen LogP contribution in [0, 0.1) is 0 Å². The third-order valence-corrected chi connectivity index (χ3v) is 3.89. The minimum absolute atomic E-state index is 0.00352. The summed E-state index contributed by atoms with van der Waals surface area (Å²) in [4.78, 5) is 17.2. The van der Waals surface area contributed by atoms with Gasteiger partial charge in [0.2, 0.25) is 5.78 Å². The second kappa shape index (κ2) is 5.33. The molecule has 102 valence electrons. The lowest BCUT2D eigenvalue weighted by molar-refractivity contribution is -0.134. The molecule has 4 heteroatoms. The Morgan fingerprint density at radius 3 is 2.63 bits per heavy atom. The SMILES string of the molecule is CCC1OC(C)=NC(CC)(c2ccccc2Cl)C1=O. The number of halogens is 1. The number of nitrogens with zero attached hydrogens (tertiary/aromatic N) is 1. The van der Waals surface area contributed by atoms with E-state index >= 15 is 0 Å². The highest BCUT2D eigenvalue weighted by molar-refractivity contribution is 6.31. The number of hydrogen-bond acceptors (Lipinski definition) is 3. The van der Waals surface area contributed by atoms with Crippen molar-refractivity contribution >= 4 is 23.3 Å². The largest absolute Gasteiger partial charge is 0.470 e. The zero-order chi connectivity index (χ0) is 14.0. The van der Waals surface area contributed by atoms with Crippen LogP contribution in [0.25, 0.3) is 0 Å². The standard InChI is InChI=1S/C15H18ClNO2/c1-4-13-14(18)15(5-2,17-10(3)19-13)11-8-6-7-9-12(11)16/h6-9,13H,4-5H2,1-3H3. The lowest BCUT2D eigenvalue weighted by Crippen LogP contribution is -2.47. The third kappa shape index (κ3) is 2.27. The van der Waals surface area contributed by atoms with Gasteiger partial charge in [-0.1, -0.05) is 43.6 Å². The summed E-state index contributed by atoms with van der Waals surface area (Å²) in [6.07, 6.45) is 0.777. The average molecular weight is 280 g/mol. The Balaban J connectivity index is 2.62. The molecule has 0 radical (unpaired) electrons. The molecule has 0 spiro atoms. The fourth-order valence-corrected chi connectivity index (χ4v) is 2.87. The maximum absolute atomic E-state index is 12.7. The molecule has 0 N–H and O–H groups in total. The Bertz CT molecular complexity index is 527. The van der Waals surface area contributed by atoms with Crippen molar-refractivity contribution in [3.63, 3.8) is 0 Å². The van der Waals surface area contributed by atoms with E-state index in [1.807, 2.05) is 32.0 Å². The molecule has 0 amide bonds. The van der Waals surface area contributed by atoms with Crippen molar-refractivity contribution in [2.24, 2.45) is 4.99 Å². The highest BCUT2D eigenvalue weighted by Gasteiger charge is 2.46. The van der Waals surface area contributed by atoms with Gasteiger partial charge in [0.1, 0.15) is 0 Å². The number of ether oxygens (including phenoxy) is 1. The molecule has 19 heavy (non-hydrogen) atoms. The Hall–Kier alpha value is -1.35. The molecule has 3 nitrogen and oxygen atoms in total. The first-order chi connectivity index (χ1) is 9.05. The quantitative estimate of drug-likeness (QED) is 0.845. The highest BCUT2D eigenvalue weighted by atomic mass is 35.5. The van der Waals surface area contributed by atoms with Gasteiger partial charge < -0.3 is 4.74 Å². The molecule has 0 aromatic heterocycles. The van der Waals surface area contributed by atoms with E-state index in [4.69, 9.17) is 16.3 Å². The molecular formula is C15H18ClNO2. The number of rotatable bonds is 3. The number of Topliss-reactive ketones (excluding diaryl/α,β-unsaturated/α-hetero) is 1. The van der Waals surface area contributed by atoms with Gasteiger partial charge in [-0.25, -0.2) is 4.99 Å². The van der Waals surface area contributed by atoms with E-state index in [1.165, 1.54) is 0 Å². The van der Waals surface area contributed by atoms with Crippen LogP contribution in [-0.2, 0) is 15.1 Å². The zero-order valence-electron chi connectivity index (χ0n) is 11.4. The van der Waals surface area contributed by atoms with Crippen LogP contribution in [-0.4, -0.2) is 17.8 Å². The molecule has 1 aromatic rings. The lowest BCUT2D eigenvalue weighted by atomic mass is 9.80. The maximum atomic E-state index is 12.7. The number of aliphatic imine (C=N–C) groups is 1. The zero-order valence-corrected chi connectivity index (χ0v) is 12.2. The molecule has 2 atom stereocenters. The van der Waals surface area contributed by atoms with E-state index in [2.05, 4.69) is 4.99 Å². The van der Waals surface area contributed by atoms with Gasteiger partial charge in [0, 0.05) is 17.5 Å². The first kappa shape index (κ1) is 14.1. The van der Waals surface area contributed by atoms with Crippen LogP contribution in [0.5, 0.6) is 0 Å². The summed E-state index contributed by atoms with van der Waals surface area (Å²) in [5.74, 6) is 0.546. The topological polar surface area (TPSA) is 38.7 Å². The second-order valence-electron chi connectivity index (χ2n) is 4.70. The molecule has 2 rings (SSSR count). The minimum Gasteiger partial charge on any atom is -0.470 e. The van der Waals surface area contributed by atoms with Crippen molar-refractivity contribution in [2.75, 3.05) is 0 Å². The van der Waals surface area contributed by atoms with Crippen molar-refractivity contribution < 1.29 is 9.53 Å². The lowest BCUT2D eigenvalue weighted by Gasteiger charge is -2.36. The van der Waals surface area contributed by atoms with Gasteiger partial charge in [-0.15, -0.1) is 0 Å². The second-order valence-corrected chi connectivity index (χ2v) is 5.11. The van der Waals surface area contributed by atoms with E-state index in [1.54, 1.807) is 13.0 Å². The van der Waals surface area contributed by atoms with Crippen molar-refractivity contribution in [1.29, 1.82) is 0 Å². The molecule has 0 saturated heterocycles. The van der Waals surface area contributed by atoms with Crippen LogP contribution in [0.15, 0.2) is 29.3 Å². The van der Waals surface area contributed by atoms with Gasteiger partial charge in [-0.05, 0) is 18.9 Å². The van der Waals surface area contributed by atoms with Crippen LogP contribution < -0.4 is 0 Å². The molecule has 0 saturated carbocycles. The predicted octanol–water partition coefficient (Wildman–Crippen LogP) is 3.74. The molecular weight excluding hydrogens is 262 g/mol. The monoisotopic (exact) mass is 279 g/mol. The average Bonchev–Trinajstić information content (AvgIpc) is 2.41. The summed E-state index contributed by atoms with van der Waals surface area (Å²) in [6.45, 7) is 5.68. The highest BCUT2D eigenvalue weighted by Crippen LogP contribution is 2.39. The van der Waals surface area contributed by atoms with Crippen LogP contribution in [0.3, 0.4) is 0 Å². The Labute approximate surface area is 118 Å². The van der Waals surface area contributed by atoms with Gasteiger partial charge in [0.05, 0.1) is 0 Å². The van der Waals surface area contributed by atoms with E-state index in [0.717, 1.165) is 5.56 Å². The number of carbonyl (C=O) groups excluding carboxylic acids is 1. The van der Waals surface area contributed by atoms with E-state index in [9.17, 15) is 4.79 Å². The van der Waals surface area contributed by atoms with Gasteiger partial charge in [0.25, 0.3) is 0 Å². The molecule has 0 aliphatic carbocycles. The van der Waals surface area contributed by atoms with Gasteiger partial charge >= 0.3 is 0 Å². The Morgan fingerprint density at radius 1 is 1.37 bits per heavy atom. The van der Waals surface area contributed by atoms with Crippen LogP contribution in [0.1, 0.15) is 39.2 Å². The molecule has 1 aliphatic heterocycles. The smallest absolute Gasteiger partial charge is 0.205 e. The van der Waals surface area contributed by atoms with Gasteiger partial charge in [0.15, 0.2) is 17.5 Å². The van der Waals surface area contributed by atoms with E-state index < -0.39 is 11.6 Å².